The topological polar surface area (TPSA) is 65.1 Å². The molecule has 6 nitrogen and oxygen atoms in total. The van der Waals surface area contributed by atoms with E-state index in [1.165, 1.54) is 13.0 Å². The molecule has 0 radical (unpaired) electrons. The van der Waals surface area contributed by atoms with Crippen molar-refractivity contribution in [2.24, 2.45) is 0 Å². The molecule has 6 heteroatoms. The van der Waals surface area contributed by atoms with E-state index < -0.39 is 0 Å². The molecule has 0 fully saturated rings. The Labute approximate surface area is 177 Å². The predicted molar refractivity (Wildman–Crippen MR) is 114 cm³/mol. The molecule has 3 rings (SSSR count). The van der Waals surface area contributed by atoms with Gasteiger partial charge in [-0.3, -0.25) is 4.79 Å². The maximum absolute atomic E-state index is 12.9. The Morgan fingerprint density at radius 3 is 2.47 bits per heavy atom. The fraction of sp³-hybridized carbons (Fsp3) is 0.333. The highest BCUT2D eigenvalue weighted by Gasteiger charge is 2.32. The lowest BCUT2D eigenvalue weighted by Crippen LogP contribution is -2.40. The van der Waals surface area contributed by atoms with Gasteiger partial charge < -0.3 is 19.1 Å². The molecule has 0 saturated heterocycles. The molecule has 1 heterocycles. The average molecular weight is 409 g/mol. The van der Waals surface area contributed by atoms with Crippen LogP contribution in [0.3, 0.4) is 0 Å². The minimum atomic E-state index is -0.375. The minimum Gasteiger partial charge on any atom is -0.493 e. The number of hydrogen-bond acceptors (Lipinski definition) is 5. The first-order valence-electron chi connectivity index (χ1n) is 9.92. The SMILES string of the molecule is COc1cc2c(cc1OC)C(C/C=C/C(C)=O)N(C(=O)OCc1ccccc1)CC2. The monoisotopic (exact) mass is 409 g/mol. The molecule has 0 bridgehead atoms. The summed E-state index contributed by atoms with van der Waals surface area (Å²) in [4.78, 5) is 26.0. The van der Waals surface area contributed by atoms with Crippen LogP contribution in [0, 0.1) is 0 Å². The number of benzene rings is 2. The van der Waals surface area contributed by atoms with E-state index in [0.29, 0.717) is 30.9 Å². The van der Waals surface area contributed by atoms with E-state index in [2.05, 4.69) is 0 Å². The van der Waals surface area contributed by atoms with Gasteiger partial charge in [-0.05, 0) is 54.7 Å². The van der Waals surface area contributed by atoms with Crippen LogP contribution in [0.1, 0.15) is 36.1 Å². The molecule has 0 aromatic heterocycles. The van der Waals surface area contributed by atoms with Gasteiger partial charge in [0.15, 0.2) is 17.3 Å². The van der Waals surface area contributed by atoms with E-state index in [9.17, 15) is 9.59 Å². The number of allylic oxidation sites excluding steroid dienone is 1. The molecule has 0 saturated carbocycles. The molecule has 1 amide bonds. The predicted octanol–water partition coefficient (Wildman–Crippen LogP) is 4.48. The molecular weight excluding hydrogens is 382 g/mol. The summed E-state index contributed by atoms with van der Waals surface area (Å²) in [5, 5.41) is 0. The standard InChI is InChI=1S/C24H27NO5/c1-17(26)8-7-11-21-20-15-23(29-3)22(28-2)14-19(20)12-13-25(21)24(27)30-16-18-9-5-4-6-10-18/h4-10,14-15,21H,11-13,16H2,1-3H3/b8-7+. The fourth-order valence-corrected chi connectivity index (χ4v) is 3.67. The second-order valence-electron chi connectivity index (χ2n) is 7.15. The zero-order valence-corrected chi connectivity index (χ0v) is 17.6. The zero-order valence-electron chi connectivity index (χ0n) is 17.6. The Bertz CT molecular complexity index is 923. The van der Waals surface area contributed by atoms with Crippen molar-refractivity contribution in [3.63, 3.8) is 0 Å². The normalized spacial score (nSPS) is 15.6. The van der Waals surface area contributed by atoms with Crippen LogP contribution >= 0.6 is 0 Å². The molecule has 1 aliphatic heterocycles. The lowest BCUT2D eigenvalue weighted by Gasteiger charge is -2.36. The van der Waals surface area contributed by atoms with Crippen LogP contribution in [-0.2, 0) is 22.6 Å². The molecule has 1 unspecified atom stereocenters. The van der Waals surface area contributed by atoms with Crippen LogP contribution in [0.5, 0.6) is 11.5 Å². The van der Waals surface area contributed by atoms with Crippen molar-refractivity contribution in [3.8, 4) is 11.5 Å². The summed E-state index contributed by atoms with van der Waals surface area (Å²) < 4.78 is 16.5. The van der Waals surface area contributed by atoms with Crippen molar-refractivity contribution < 1.29 is 23.8 Å². The molecule has 2 aromatic carbocycles. The number of fused-ring (bicyclic) bond motifs is 1. The van der Waals surface area contributed by atoms with Crippen LogP contribution in [0.2, 0.25) is 0 Å². The molecule has 0 N–H and O–H groups in total. The Kier molecular flexibility index (Phi) is 7.12. The summed E-state index contributed by atoms with van der Waals surface area (Å²) in [5.41, 5.74) is 3.01. The fourth-order valence-electron chi connectivity index (χ4n) is 3.67. The van der Waals surface area contributed by atoms with Crippen LogP contribution < -0.4 is 9.47 Å². The molecule has 0 aliphatic carbocycles. The number of nitrogens with zero attached hydrogens (tertiary/aromatic N) is 1. The van der Waals surface area contributed by atoms with Crippen LogP contribution in [-0.4, -0.2) is 37.5 Å². The van der Waals surface area contributed by atoms with Gasteiger partial charge in [-0.2, -0.15) is 0 Å². The highest BCUT2D eigenvalue weighted by atomic mass is 16.6. The van der Waals surface area contributed by atoms with Gasteiger partial charge >= 0.3 is 6.09 Å². The van der Waals surface area contributed by atoms with Crippen molar-refractivity contribution in [2.45, 2.75) is 32.4 Å². The van der Waals surface area contributed by atoms with E-state index in [1.54, 1.807) is 25.2 Å². The van der Waals surface area contributed by atoms with Crippen molar-refractivity contribution in [1.29, 1.82) is 0 Å². The quantitative estimate of drug-likeness (QED) is 0.631. The summed E-state index contributed by atoms with van der Waals surface area (Å²) in [5.74, 6) is 1.24. The van der Waals surface area contributed by atoms with E-state index in [-0.39, 0.29) is 24.5 Å². The molecule has 1 atom stereocenters. The van der Waals surface area contributed by atoms with E-state index in [0.717, 1.165) is 16.7 Å². The van der Waals surface area contributed by atoms with Crippen molar-refractivity contribution in [1.82, 2.24) is 4.90 Å². The highest BCUT2D eigenvalue weighted by Crippen LogP contribution is 2.39. The number of hydrogen-bond donors (Lipinski definition) is 0. The van der Waals surface area contributed by atoms with Crippen molar-refractivity contribution >= 4 is 11.9 Å². The Balaban J connectivity index is 1.86. The third kappa shape index (κ3) is 5.00. The maximum Gasteiger partial charge on any atom is 0.410 e. The average Bonchev–Trinajstić information content (AvgIpc) is 2.77. The van der Waals surface area contributed by atoms with Gasteiger partial charge in [0.2, 0.25) is 0 Å². The van der Waals surface area contributed by atoms with Gasteiger partial charge in [0, 0.05) is 6.54 Å². The number of ketones is 1. The number of methoxy groups -OCH3 is 2. The van der Waals surface area contributed by atoms with Gasteiger partial charge in [-0.1, -0.05) is 36.4 Å². The smallest absolute Gasteiger partial charge is 0.410 e. The summed E-state index contributed by atoms with van der Waals surface area (Å²) in [6.45, 7) is 2.24. The second kappa shape index (κ2) is 9.96. The van der Waals surface area contributed by atoms with Gasteiger partial charge in [0.25, 0.3) is 0 Å². The van der Waals surface area contributed by atoms with Gasteiger partial charge in [0.1, 0.15) is 6.61 Å². The van der Waals surface area contributed by atoms with E-state index in [1.807, 2.05) is 42.5 Å². The molecule has 1 aliphatic rings. The minimum absolute atomic E-state index is 0.0310. The first-order valence-corrected chi connectivity index (χ1v) is 9.92. The molecular formula is C24H27NO5. The lowest BCUT2D eigenvalue weighted by molar-refractivity contribution is -0.112. The third-order valence-corrected chi connectivity index (χ3v) is 5.15. The Morgan fingerprint density at radius 2 is 1.80 bits per heavy atom. The highest BCUT2D eigenvalue weighted by molar-refractivity contribution is 5.87. The number of carbonyl (C=O) groups is 2. The first-order chi connectivity index (χ1) is 14.5. The summed E-state index contributed by atoms with van der Waals surface area (Å²) >= 11 is 0. The zero-order chi connectivity index (χ0) is 21.5. The summed E-state index contributed by atoms with van der Waals surface area (Å²) in [7, 11) is 3.19. The van der Waals surface area contributed by atoms with Crippen molar-refractivity contribution in [3.05, 3.63) is 71.3 Å². The number of ether oxygens (including phenoxy) is 3. The van der Waals surface area contributed by atoms with Crippen LogP contribution in [0.15, 0.2) is 54.6 Å². The molecule has 30 heavy (non-hydrogen) atoms. The number of carbonyl (C=O) groups excluding carboxylic acids is 2. The lowest BCUT2D eigenvalue weighted by atomic mass is 9.90. The second-order valence-corrected chi connectivity index (χ2v) is 7.15. The Morgan fingerprint density at radius 1 is 1.10 bits per heavy atom. The summed E-state index contributed by atoms with van der Waals surface area (Å²) in [6.07, 6.45) is 4.14. The van der Waals surface area contributed by atoms with Gasteiger partial charge in [-0.25, -0.2) is 4.79 Å². The number of amides is 1. The summed E-state index contributed by atoms with van der Waals surface area (Å²) in [6, 6.07) is 13.2. The van der Waals surface area contributed by atoms with E-state index in [4.69, 9.17) is 14.2 Å². The van der Waals surface area contributed by atoms with Gasteiger partial charge in [0.05, 0.1) is 20.3 Å². The van der Waals surface area contributed by atoms with E-state index >= 15 is 0 Å². The number of rotatable bonds is 7. The van der Waals surface area contributed by atoms with Crippen LogP contribution in [0.4, 0.5) is 4.79 Å². The molecule has 0 spiro atoms. The van der Waals surface area contributed by atoms with Gasteiger partial charge in [-0.15, -0.1) is 0 Å². The molecule has 158 valence electrons. The molecule has 2 aromatic rings. The maximum atomic E-state index is 12.9. The third-order valence-electron chi connectivity index (χ3n) is 5.15. The van der Waals surface area contributed by atoms with Crippen molar-refractivity contribution in [2.75, 3.05) is 20.8 Å². The largest absolute Gasteiger partial charge is 0.493 e. The van der Waals surface area contributed by atoms with Crippen LogP contribution in [0.25, 0.3) is 0 Å². The first kappa shape index (κ1) is 21.4. The Hall–Kier alpha value is -3.28.